The zero-order valence-electron chi connectivity index (χ0n) is 12.3. The van der Waals surface area contributed by atoms with E-state index in [0.29, 0.717) is 17.7 Å². The lowest BCUT2D eigenvalue weighted by Crippen LogP contribution is -2.35. The Hall–Kier alpha value is -2.54. The molecule has 0 fully saturated rings. The van der Waals surface area contributed by atoms with Crippen molar-refractivity contribution in [1.29, 1.82) is 0 Å². The van der Waals surface area contributed by atoms with Crippen LogP contribution in [0.15, 0.2) is 36.0 Å². The summed E-state index contributed by atoms with van der Waals surface area (Å²) < 4.78 is 0. The topological polar surface area (TPSA) is 79.4 Å². The third kappa shape index (κ3) is 3.29. The van der Waals surface area contributed by atoms with Gasteiger partial charge < -0.3 is 5.32 Å². The van der Waals surface area contributed by atoms with Crippen LogP contribution in [0.4, 0.5) is 0 Å². The first kappa shape index (κ1) is 15.4. The first-order chi connectivity index (χ1) is 11.2. The molecule has 1 aromatic heterocycles. The van der Waals surface area contributed by atoms with Crippen LogP contribution in [0, 0.1) is 0 Å². The van der Waals surface area contributed by atoms with E-state index in [-0.39, 0.29) is 30.7 Å². The van der Waals surface area contributed by atoms with E-state index in [0.717, 1.165) is 16.2 Å². The molecule has 0 atom stereocenters. The number of carbonyl (C=O) groups excluding carboxylic acids is 3. The number of fused-ring (bicyclic) bond motifs is 1. The monoisotopic (exact) mass is 329 g/mol. The van der Waals surface area contributed by atoms with Gasteiger partial charge in [-0.05, 0) is 12.1 Å². The predicted octanol–water partition coefficient (Wildman–Crippen LogP) is 1.49. The zero-order chi connectivity index (χ0) is 16.2. The second-order valence-electron chi connectivity index (χ2n) is 5.13. The summed E-state index contributed by atoms with van der Waals surface area (Å²) in [7, 11) is 0. The molecule has 1 N–H and O–H groups in total. The Morgan fingerprint density at radius 3 is 2.48 bits per heavy atom. The number of aromatic nitrogens is 1. The molecule has 118 valence electrons. The number of imide groups is 1. The summed E-state index contributed by atoms with van der Waals surface area (Å²) in [6.07, 6.45) is 2.60. The van der Waals surface area contributed by atoms with Gasteiger partial charge in [0.1, 0.15) is 0 Å². The molecule has 1 aromatic carbocycles. The Morgan fingerprint density at radius 1 is 1.17 bits per heavy atom. The predicted molar refractivity (Wildman–Crippen MR) is 85.3 cm³/mol. The molecule has 1 aliphatic rings. The first-order valence-electron chi connectivity index (χ1n) is 7.26. The van der Waals surface area contributed by atoms with E-state index >= 15 is 0 Å². The molecule has 0 unspecified atom stereocenters. The van der Waals surface area contributed by atoms with Gasteiger partial charge in [0.15, 0.2) is 0 Å². The average Bonchev–Trinajstić information content (AvgIpc) is 3.15. The van der Waals surface area contributed by atoms with Crippen molar-refractivity contribution in [2.24, 2.45) is 0 Å². The van der Waals surface area contributed by atoms with E-state index < -0.39 is 0 Å². The van der Waals surface area contributed by atoms with Crippen molar-refractivity contribution in [3.05, 3.63) is 52.0 Å². The van der Waals surface area contributed by atoms with E-state index in [1.807, 2.05) is 0 Å². The van der Waals surface area contributed by atoms with Crippen molar-refractivity contribution in [1.82, 2.24) is 15.2 Å². The Labute approximate surface area is 137 Å². The van der Waals surface area contributed by atoms with Gasteiger partial charge in [0.25, 0.3) is 11.8 Å². The van der Waals surface area contributed by atoms with Crippen molar-refractivity contribution in [3.63, 3.8) is 0 Å². The highest BCUT2D eigenvalue weighted by molar-refractivity contribution is 7.09. The van der Waals surface area contributed by atoms with Crippen LogP contribution in [0.3, 0.4) is 0 Å². The van der Waals surface area contributed by atoms with Crippen LogP contribution in [-0.2, 0) is 11.2 Å². The van der Waals surface area contributed by atoms with Gasteiger partial charge in [0.2, 0.25) is 5.91 Å². The fraction of sp³-hybridized carbons (Fsp3) is 0.250. The van der Waals surface area contributed by atoms with E-state index in [1.54, 1.807) is 47.3 Å². The molecule has 0 saturated carbocycles. The van der Waals surface area contributed by atoms with Crippen molar-refractivity contribution < 1.29 is 14.4 Å². The number of nitrogens with zero attached hydrogens (tertiary/aromatic N) is 2. The minimum atomic E-state index is -0.331. The van der Waals surface area contributed by atoms with Crippen LogP contribution in [0.25, 0.3) is 0 Å². The Kier molecular flexibility index (Phi) is 4.47. The van der Waals surface area contributed by atoms with E-state index in [9.17, 15) is 14.4 Å². The zero-order valence-corrected chi connectivity index (χ0v) is 13.1. The summed E-state index contributed by atoms with van der Waals surface area (Å²) in [6.45, 7) is 0.613. The number of hydrogen-bond donors (Lipinski definition) is 1. The number of amides is 3. The van der Waals surface area contributed by atoms with Gasteiger partial charge in [0, 0.05) is 37.0 Å². The maximum atomic E-state index is 12.2. The minimum absolute atomic E-state index is 0.0960. The number of thiazole rings is 1. The molecular formula is C16H15N3O3S. The van der Waals surface area contributed by atoms with E-state index in [1.165, 1.54) is 0 Å². The number of benzene rings is 1. The van der Waals surface area contributed by atoms with Crippen molar-refractivity contribution in [3.8, 4) is 0 Å². The van der Waals surface area contributed by atoms with Gasteiger partial charge in [-0.2, -0.15) is 0 Å². The van der Waals surface area contributed by atoms with Gasteiger partial charge in [0.05, 0.1) is 16.6 Å². The Bertz CT molecular complexity index is 708. The summed E-state index contributed by atoms with van der Waals surface area (Å²) in [4.78, 5) is 42.4. The molecule has 0 saturated heterocycles. The molecule has 0 bridgehead atoms. The third-order valence-corrected chi connectivity index (χ3v) is 4.46. The molecule has 0 spiro atoms. The average molecular weight is 329 g/mol. The first-order valence-corrected chi connectivity index (χ1v) is 8.14. The molecule has 2 heterocycles. The molecule has 0 radical (unpaired) electrons. The van der Waals surface area contributed by atoms with Crippen molar-refractivity contribution in [2.75, 3.05) is 13.1 Å². The molecule has 6 nitrogen and oxygen atoms in total. The fourth-order valence-corrected chi connectivity index (χ4v) is 3.03. The normalized spacial score (nSPS) is 13.3. The van der Waals surface area contributed by atoms with Crippen LogP contribution >= 0.6 is 11.3 Å². The lowest BCUT2D eigenvalue weighted by molar-refractivity contribution is -0.121. The van der Waals surface area contributed by atoms with E-state index in [4.69, 9.17) is 0 Å². The molecule has 3 amide bonds. The molecular weight excluding hydrogens is 314 g/mol. The molecule has 23 heavy (non-hydrogen) atoms. The smallest absolute Gasteiger partial charge is 0.261 e. The van der Waals surface area contributed by atoms with Crippen LogP contribution in [-0.4, -0.2) is 40.7 Å². The van der Waals surface area contributed by atoms with Gasteiger partial charge in [-0.3, -0.25) is 24.3 Å². The third-order valence-electron chi connectivity index (χ3n) is 3.62. The van der Waals surface area contributed by atoms with Crippen molar-refractivity contribution in [2.45, 2.75) is 12.8 Å². The highest BCUT2D eigenvalue weighted by atomic mass is 32.1. The maximum absolute atomic E-state index is 12.2. The quantitative estimate of drug-likeness (QED) is 0.814. The van der Waals surface area contributed by atoms with E-state index in [2.05, 4.69) is 10.3 Å². The van der Waals surface area contributed by atoms with Gasteiger partial charge >= 0.3 is 0 Å². The minimum Gasteiger partial charge on any atom is -0.356 e. The highest BCUT2D eigenvalue weighted by Crippen LogP contribution is 2.22. The molecule has 3 rings (SSSR count). The van der Waals surface area contributed by atoms with Gasteiger partial charge in [-0.1, -0.05) is 12.1 Å². The molecule has 1 aliphatic heterocycles. The molecule has 7 heteroatoms. The number of hydrogen-bond acceptors (Lipinski definition) is 5. The number of rotatable bonds is 6. The Balaban J connectivity index is 1.48. The fourth-order valence-electron chi connectivity index (χ4n) is 2.43. The van der Waals surface area contributed by atoms with Crippen LogP contribution in [0.5, 0.6) is 0 Å². The summed E-state index contributed by atoms with van der Waals surface area (Å²) in [5.41, 5.74) is 2.56. The summed E-state index contributed by atoms with van der Waals surface area (Å²) in [6, 6.07) is 6.70. The van der Waals surface area contributed by atoms with Crippen molar-refractivity contribution >= 4 is 29.1 Å². The molecule has 2 aromatic rings. The second-order valence-corrected chi connectivity index (χ2v) is 6.10. The van der Waals surface area contributed by atoms with Crippen LogP contribution in [0.1, 0.15) is 32.0 Å². The van der Waals surface area contributed by atoms with Gasteiger partial charge in [-0.15, -0.1) is 11.3 Å². The highest BCUT2D eigenvalue weighted by Gasteiger charge is 2.34. The summed E-state index contributed by atoms with van der Waals surface area (Å²) >= 11 is 1.54. The summed E-state index contributed by atoms with van der Waals surface area (Å²) in [5, 5.41) is 2.79. The lowest BCUT2D eigenvalue weighted by atomic mass is 10.1. The lowest BCUT2D eigenvalue weighted by Gasteiger charge is -2.13. The SMILES string of the molecule is O=C(CCN1C(=O)c2ccccc2C1=O)NCCc1cncs1. The standard InChI is InChI=1S/C16H15N3O3S/c20-14(18-7-5-11-9-17-10-23-11)6-8-19-15(21)12-3-1-2-4-13(12)16(19)22/h1-4,9-10H,5-8H2,(H,18,20). The number of nitrogens with one attached hydrogen (secondary N) is 1. The molecule has 0 aliphatic carbocycles. The summed E-state index contributed by atoms with van der Waals surface area (Å²) in [5.74, 6) is -0.836. The maximum Gasteiger partial charge on any atom is 0.261 e. The number of carbonyl (C=O) groups is 3. The van der Waals surface area contributed by atoms with Gasteiger partial charge in [-0.25, -0.2) is 0 Å². The largest absolute Gasteiger partial charge is 0.356 e. The second kappa shape index (κ2) is 6.70. The van der Waals surface area contributed by atoms with Crippen LogP contribution in [0.2, 0.25) is 0 Å². The Morgan fingerprint density at radius 2 is 1.87 bits per heavy atom. The van der Waals surface area contributed by atoms with Crippen LogP contribution < -0.4 is 5.32 Å².